The molecule has 0 amide bonds. The molecule has 6 heteroatoms. The van der Waals surface area contributed by atoms with Gasteiger partial charge in [-0.15, -0.1) is 0 Å². The van der Waals surface area contributed by atoms with Gasteiger partial charge in [-0.25, -0.2) is 4.57 Å². The van der Waals surface area contributed by atoms with Gasteiger partial charge in [-0.1, -0.05) is 36.9 Å². The van der Waals surface area contributed by atoms with Gasteiger partial charge in [0.05, 0.1) is 5.56 Å². The smallest absolute Gasteiger partial charge is 0.403 e. The minimum Gasteiger partial charge on any atom is -0.403 e. The van der Waals surface area contributed by atoms with Gasteiger partial charge in [0.15, 0.2) is 5.78 Å². The Labute approximate surface area is 127 Å². The van der Waals surface area contributed by atoms with E-state index in [0.717, 1.165) is 22.8 Å². The normalized spacial score (nSPS) is 12.5. The maximum Gasteiger partial charge on any atom is 0.524 e. The predicted octanol–water partition coefficient (Wildman–Crippen LogP) is 3.10. The molecule has 0 aliphatic heterocycles. The van der Waals surface area contributed by atoms with E-state index in [1.807, 2.05) is 24.3 Å². The molecule has 2 N–H and O–H groups in total. The molecule has 1 aliphatic rings. The molecule has 5 nitrogen and oxygen atoms in total. The highest BCUT2D eigenvalue weighted by Gasteiger charge is 2.29. The Morgan fingerprint density at radius 3 is 2.59 bits per heavy atom. The molecule has 0 fully saturated rings. The van der Waals surface area contributed by atoms with Gasteiger partial charge in [0.1, 0.15) is 5.75 Å². The van der Waals surface area contributed by atoms with Crippen LogP contribution >= 0.6 is 7.82 Å². The summed E-state index contributed by atoms with van der Waals surface area (Å²) >= 11 is 0. The van der Waals surface area contributed by atoms with Crippen molar-refractivity contribution in [1.82, 2.24) is 0 Å². The number of hydrogen-bond acceptors (Lipinski definition) is 3. The molecule has 1 aliphatic carbocycles. The number of hydrogen-bond donors (Lipinski definition) is 2. The van der Waals surface area contributed by atoms with Crippen molar-refractivity contribution in [2.75, 3.05) is 0 Å². The summed E-state index contributed by atoms with van der Waals surface area (Å²) < 4.78 is 16.1. The van der Waals surface area contributed by atoms with Crippen molar-refractivity contribution in [1.29, 1.82) is 0 Å². The number of phosphoric ester groups is 1. The maximum absolute atomic E-state index is 11.9. The Morgan fingerprint density at radius 1 is 1.18 bits per heavy atom. The Kier molecular flexibility index (Phi) is 3.49. The van der Waals surface area contributed by atoms with E-state index in [1.165, 1.54) is 6.07 Å². The van der Waals surface area contributed by atoms with Crippen molar-refractivity contribution in [3.8, 4) is 16.9 Å². The van der Waals surface area contributed by atoms with Gasteiger partial charge >= 0.3 is 7.82 Å². The van der Waals surface area contributed by atoms with Crippen molar-refractivity contribution in [2.45, 2.75) is 6.42 Å². The molecule has 2 aromatic carbocycles. The van der Waals surface area contributed by atoms with Gasteiger partial charge in [-0.05, 0) is 28.8 Å². The van der Waals surface area contributed by atoms with Crippen LogP contribution in [0.4, 0.5) is 0 Å². The first kappa shape index (κ1) is 14.7. The second-order valence-corrected chi connectivity index (χ2v) is 6.12. The molecule has 0 atom stereocenters. The standard InChI is InChI=1S/C16H13O5P/c1-2-15(17)13-8-7-12-11-6-4-3-5-10(11)9-14(12)16(13)21-22(18,19)20/h2-8H,1,9H2,(H2,18,19,20). The van der Waals surface area contributed by atoms with Crippen LogP contribution < -0.4 is 4.52 Å². The summed E-state index contributed by atoms with van der Waals surface area (Å²) in [6.45, 7) is 3.41. The van der Waals surface area contributed by atoms with Gasteiger partial charge in [0, 0.05) is 12.0 Å². The second kappa shape index (κ2) is 5.21. The average molecular weight is 316 g/mol. The molecule has 0 saturated heterocycles. The Balaban J connectivity index is 2.23. The summed E-state index contributed by atoms with van der Waals surface area (Å²) in [5, 5.41) is 0. The molecule has 3 rings (SSSR count). The van der Waals surface area contributed by atoms with E-state index in [0.29, 0.717) is 12.0 Å². The molecule has 0 heterocycles. The number of benzene rings is 2. The lowest BCUT2D eigenvalue weighted by Gasteiger charge is -2.14. The summed E-state index contributed by atoms with van der Waals surface area (Å²) in [7, 11) is -4.78. The summed E-state index contributed by atoms with van der Waals surface area (Å²) in [4.78, 5) is 30.2. The topological polar surface area (TPSA) is 83.8 Å². The number of phosphoric acid groups is 1. The zero-order valence-electron chi connectivity index (χ0n) is 11.5. The van der Waals surface area contributed by atoms with Gasteiger partial charge in [0.25, 0.3) is 0 Å². The molecule has 2 aromatic rings. The molecule has 0 radical (unpaired) electrons. The third-order valence-electron chi connectivity index (χ3n) is 3.60. The summed E-state index contributed by atoms with van der Waals surface area (Å²) in [5.74, 6) is -0.505. The van der Waals surface area contributed by atoms with Crippen LogP contribution in [0, 0.1) is 0 Å². The molecule has 0 saturated carbocycles. The summed E-state index contributed by atoms with van der Waals surface area (Å²) in [5.41, 5.74) is 3.53. The van der Waals surface area contributed by atoms with Gasteiger partial charge in [-0.2, -0.15) is 0 Å². The van der Waals surface area contributed by atoms with E-state index in [4.69, 9.17) is 14.3 Å². The highest BCUT2D eigenvalue weighted by atomic mass is 31.2. The maximum atomic E-state index is 11.9. The van der Waals surface area contributed by atoms with E-state index in [9.17, 15) is 9.36 Å². The van der Waals surface area contributed by atoms with E-state index >= 15 is 0 Å². The monoisotopic (exact) mass is 316 g/mol. The Bertz CT molecular complexity index is 834. The molecule has 0 unspecified atom stereocenters. The minimum atomic E-state index is -4.78. The first-order chi connectivity index (χ1) is 10.4. The van der Waals surface area contributed by atoms with Crippen molar-refractivity contribution >= 4 is 13.6 Å². The van der Waals surface area contributed by atoms with E-state index in [-0.39, 0.29) is 11.3 Å². The first-order valence-electron chi connectivity index (χ1n) is 6.57. The second-order valence-electron chi connectivity index (χ2n) is 4.95. The molecular formula is C16H13O5P. The number of ketones is 1. The zero-order chi connectivity index (χ0) is 15.9. The van der Waals surface area contributed by atoms with E-state index in [2.05, 4.69) is 6.58 Å². The lowest BCUT2D eigenvalue weighted by Crippen LogP contribution is -2.03. The minimum absolute atomic E-state index is 0.0630. The van der Waals surface area contributed by atoms with E-state index in [1.54, 1.807) is 6.07 Å². The van der Waals surface area contributed by atoms with Gasteiger partial charge in [0.2, 0.25) is 0 Å². The highest BCUT2D eigenvalue weighted by molar-refractivity contribution is 7.46. The van der Waals surface area contributed by atoms with Crippen LogP contribution in [0.15, 0.2) is 49.1 Å². The van der Waals surface area contributed by atoms with Crippen molar-refractivity contribution in [2.24, 2.45) is 0 Å². The Morgan fingerprint density at radius 2 is 1.91 bits per heavy atom. The first-order valence-corrected chi connectivity index (χ1v) is 8.10. The highest BCUT2D eigenvalue weighted by Crippen LogP contribution is 2.48. The lowest BCUT2D eigenvalue weighted by molar-refractivity contribution is 0.104. The fraction of sp³-hybridized carbons (Fsp3) is 0.0625. The SMILES string of the molecule is C=CC(=O)c1ccc2c(c1OP(=O)(O)O)Cc1ccccc1-2. The molecule has 0 bridgehead atoms. The molecule has 0 spiro atoms. The Hall–Kier alpha value is -2.20. The largest absolute Gasteiger partial charge is 0.524 e. The third-order valence-corrected chi connectivity index (χ3v) is 4.02. The van der Waals surface area contributed by atoms with Crippen molar-refractivity contribution < 1.29 is 23.7 Å². The summed E-state index contributed by atoms with van der Waals surface area (Å²) in [6, 6.07) is 10.9. The summed E-state index contributed by atoms with van der Waals surface area (Å²) in [6.07, 6.45) is 1.55. The number of allylic oxidation sites excluding steroid dienone is 1. The van der Waals surface area contributed by atoms with Crippen molar-refractivity contribution in [3.63, 3.8) is 0 Å². The average Bonchev–Trinajstić information content (AvgIpc) is 2.84. The van der Waals surface area contributed by atoms with Crippen LogP contribution in [0.1, 0.15) is 21.5 Å². The van der Waals surface area contributed by atoms with Crippen LogP contribution in [0.5, 0.6) is 5.75 Å². The van der Waals surface area contributed by atoms with Crippen molar-refractivity contribution in [3.05, 3.63) is 65.7 Å². The predicted molar refractivity (Wildman–Crippen MR) is 81.9 cm³/mol. The lowest BCUT2D eigenvalue weighted by atomic mass is 10.00. The fourth-order valence-electron chi connectivity index (χ4n) is 2.71. The van der Waals surface area contributed by atoms with Gasteiger partial charge < -0.3 is 4.52 Å². The van der Waals surface area contributed by atoms with Crippen LogP contribution in [-0.4, -0.2) is 15.6 Å². The number of carbonyl (C=O) groups excluding carboxylic acids is 1. The van der Waals surface area contributed by atoms with Gasteiger partial charge in [-0.3, -0.25) is 14.6 Å². The fourth-order valence-corrected chi connectivity index (χ4v) is 3.16. The van der Waals surface area contributed by atoms with Crippen LogP contribution in [0.2, 0.25) is 0 Å². The van der Waals surface area contributed by atoms with E-state index < -0.39 is 13.6 Å². The molecule has 112 valence electrons. The van der Waals surface area contributed by atoms with Crippen LogP contribution in [0.25, 0.3) is 11.1 Å². The number of rotatable bonds is 4. The molecule has 22 heavy (non-hydrogen) atoms. The number of carbonyl (C=O) groups is 1. The third kappa shape index (κ3) is 2.50. The quantitative estimate of drug-likeness (QED) is 0.439. The number of fused-ring (bicyclic) bond motifs is 3. The van der Waals surface area contributed by atoms with Crippen LogP contribution in [0.3, 0.4) is 0 Å². The van der Waals surface area contributed by atoms with Crippen LogP contribution in [-0.2, 0) is 11.0 Å². The molecular weight excluding hydrogens is 303 g/mol. The zero-order valence-corrected chi connectivity index (χ0v) is 12.4. The molecule has 0 aromatic heterocycles.